The number of aromatic nitrogens is 3. The Morgan fingerprint density at radius 2 is 2.09 bits per heavy atom. The molecule has 2 aromatic heterocycles. The van der Waals surface area contributed by atoms with Gasteiger partial charge in [-0.05, 0) is 62.2 Å². The highest BCUT2D eigenvalue weighted by Gasteiger charge is 2.50. The molecule has 47 heavy (non-hydrogen) atoms. The predicted molar refractivity (Wildman–Crippen MR) is 177 cm³/mol. The van der Waals surface area contributed by atoms with Crippen molar-refractivity contribution in [3.05, 3.63) is 47.8 Å². The number of anilines is 1. The zero-order chi connectivity index (χ0) is 32.2. The molecule has 0 aliphatic carbocycles. The van der Waals surface area contributed by atoms with Crippen LogP contribution in [0.15, 0.2) is 30.8 Å². The average molecular weight is 661 g/mol. The topological polar surface area (TPSA) is 95.9 Å². The van der Waals surface area contributed by atoms with E-state index in [2.05, 4.69) is 26.7 Å². The number of piperazine rings is 1. The first-order valence-corrected chi connectivity index (χ1v) is 16.8. The van der Waals surface area contributed by atoms with E-state index in [1.165, 1.54) is 6.07 Å². The van der Waals surface area contributed by atoms with Crippen molar-refractivity contribution in [1.82, 2.24) is 25.2 Å². The van der Waals surface area contributed by atoms with Crippen LogP contribution in [0.1, 0.15) is 43.2 Å². The number of aromatic hydroxyl groups is 1. The second-order valence-corrected chi connectivity index (χ2v) is 14.3. The third kappa shape index (κ3) is 4.49. The number of hydrogen-bond acceptors (Lipinski definition) is 9. The lowest BCUT2D eigenvalue weighted by Gasteiger charge is -2.40. The molecule has 9 rings (SSSR count). The smallest absolute Gasteiger partial charge is 0.319 e. The molecule has 5 aliphatic heterocycles. The van der Waals surface area contributed by atoms with Gasteiger partial charge in [-0.1, -0.05) is 30.3 Å². The van der Waals surface area contributed by atoms with Gasteiger partial charge in [0.25, 0.3) is 0 Å². The summed E-state index contributed by atoms with van der Waals surface area (Å²) in [6.07, 6.45) is 3.33. The predicted octanol–water partition coefficient (Wildman–Crippen LogP) is 5.86. The highest BCUT2D eigenvalue weighted by molar-refractivity contribution is 6.49. The number of phenols is 1. The lowest BCUT2D eigenvalue weighted by Crippen LogP contribution is -2.60. The Morgan fingerprint density at radius 3 is 2.94 bits per heavy atom. The highest BCUT2D eigenvalue weighted by Crippen LogP contribution is 2.46. The molecule has 9 nitrogen and oxygen atoms in total. The molecule has 0 amide bonds. The number of ether oxygens (including phenoxy) is 2. The van der Waals surface area contributed by atoms with Crippen LogP contribution in [0.2, 0.25) is 0 Å². The zero-order valence-corrected chi connectivity index (χ0v) is 26.8. The van der Waals surface area contributed by atoms with Gasteiger partial charge in [-0.3, -0.25) is 4.90 Å². The molecule has 4 saturated heterocycles. The Balaban J connectivity index is 1.25. The van der Waals surface area contributed by atoms with Gasteiger partial charge in [0.2, 0.25) is 5.88 Å². The molecule has 5 aliphatic rings. The summed E-state index contributed by atoms with van der Waals surface area (Å²) in [6, 6.07) is 7.27. The monoisotopic (exact) mass is 660 g/mol. The van der Waals surface area contributed by atoms with Gasteiger partial charge in [0.1, 0.15) is 47.5 Å². The molecule has 2 bridgehead atoms. The van der Waals surface area contributed by atoms with Crippen LogP contribution in [0, 0.1) is 12.7 Å². The van der Waals surface area contributed by atoms with Crippen LogP contribution < -0.4 is 19.7 Å². The van der Waals surface area contributed by atoms with E-state index in [0.717, 1.165) is 37.8 Å². The molecule has 5 atom stereocenters. The summed E-state index contributed by atoms with van der Waals surface area (Å²) in [5, 5.41) is 16.4. The summed E-state index contributed by atoms with van der Waals surface area (Å²) in [5.74, 6) is 0.00342. The molecule has 12 heteroatoms. The van der Waals surface area contributed by atoms with Gasteiger partial charge in [0, 0.05) is 53.1 Å². The maximum Gasteiger partial charge on any atom is 0.319 e. The van der Waals surface area contributed by atoms with E-state index in [0.29, 0.717) is 59.2 Å². The number of hydrogen-bond donors (Lipinski definition) is 2. The molecular formula is C35H35ClF2N6O3. The molecular weight excluding hydrogens is 626 g/mol. The zero-order valence-electron chi connectivity index (χ0n) is 26.0. The van der Waals surface area contributed by atoms with Gasteiger partial charge in [-0.25, -0.2) is 13.8 Å². The molecule has 0 spiro atoms. The van der Waals surface area contributed by atoms with Crippen molar-refractivity contribution in [2.24, 2.45) is 0 Å². The van der Waals surface area contributed by atoms with Gasteiger partial charge in [0.15, 0.2) is 5.82 Å². The van der Waals surface area contributed by atoms with Crippen molar-refractivity contribution >= 4 is 44.1 Å². The molecule has 4 aromatic rings. The first-order chi connectivity index (χ1) is 22.7. The van der Waals surface area contributed by atoms with Crippen molar-refractivity contribution in [2.75, 3.05) is 37.7 Å². The Bertz CT molecular complexity index is 2000. The second-order valence-electron chi connectivity index (χ2n) is 13.8. The first kappa shape index (κ1) is 29.3. The van der Waals surface area contributed by atoms with E-state index in [-0.39, 0.29) is 58.6 Å². The van der Waals surface area contributed by atoms with E-state index in [1.807, 2.05) is 19.1 Å². The van der Waals surface area contributed by atoms with Crippen LogP contribution >= 0.6 is 11.6 Å². The molecule has 0 radical (unpaired) electrons. The molecule has 244 valence electrons. The Kier molecular flexibility index (Phi) is 6.62. The summed E-state index contributed by atoms with van der Waals surface area (Å²) in [4.78, 5) is 18.8. The SMILES string of the molecule is C=C(Cl)c1c(C)ccc2cc(O)cc(-c3nc4c5c(nc(OC[C@@]67CCCN6C[C@H](F)C7)nc5c3F)N3C[C@H]5CC[C@H](N5)[C@H]3CO4)c12. The number of pyridine rings is 1. The fraction of sp³-hybridized carbons (Fsp3) is 0.457. The van der Waals surface area contributed by atoms with E-state index in [9.17, 15) is 9.50 Å². The quantitative estimate of drug-likeness (QED) is 0.273. The van der Waals surface area contributed by atoms with Gasteiger partial charge in [0.05, 0.1) is 11.6 Å². The number of fused-ring (bicyclic) bond motifs is 7. The van der Waals surface area contributed by atoms with Gasteiger partial charge in [-0.15, -0.1) is 0 Å². The summed E-state index contributed by atoms with van der Waals surface area (Å²) >= 11 is 6.52. The molecule has 2 aromatic carbocycles. The normalized spacial score (nSPS) is 28.0. The average Bonchev–Trinajstić information content (AvgIpc) is 3.67. The van der Waals surface area contributed by atoms with Crippen molar-refractivity contribution < 1.29 is 23.4 Å². The van der Waals surface area contributed by atoms with Crippen molar-refractivity contribution in [3.8, 4) is 28.9 Å². The maximum atomic E-state index is 17.2. The Hall–Kier alpha value is -3.80. The van der Waals surface area contributed by atoms with Crippen molar-refractivity contribution in [2.45, 2.75) is 68.9 Å². The van der Waals surface area contributed by atoms with Crippen LogP contribution in [0.4, 0.5) is 14.6 Å². The van der Waals surface area contributed by atoms with Gasteiger partial charge >= 0.3 is 6.01 Å². The van der Waals surface area contributed by atoms with Crippen LogP contribution in [-0.2, 0) is 0 Å². The summed E-state index contributed by atoms with van der Waals surface area (Å²) < 4.78 is 44.5. The summed E-state index contributed by atoms with van der Waals surface area (Å²) in [5.41, 5.74) is 1.39. The summed E-state index contributed by atoms with van der Waals surface area (Å²) in [6.45, 7) is 8.33. The molecule has 0 saturated carbocycles. The third-order valence-electron chi connectivity index (χ3n) is 11.0. The number of alkyl halides is 1. The number of rotatable bonds is 5. The minimum Gasteiger partial charge on any atom is -0.508 e. The molecule has 0 unspecified atom stereocenters. The lowest BCUT2D eigenvalue weighted by molar-refractivity contribution is 0.107. The van der Waals surface area contributed by atoms with Crippen molar-refractivity contribution in [1.29, 1.82) is 0 Å². The van der Waals surface area contributed by atoms with Gasteiger partial charge < -0.3 is 24.8 Å². The third-order valence-corrected chi connectivity index (χ3v) is 11.2. The fourth-order valence-corrected chi connectivity index (χ4v) is 9.14. The lowest BCUT2D eigenvalue weighted by atomic mass is 9.93. The number of nitrogens with one attached hydrogen (secondary N) is 1. The van der Waals surface area contributed by atoms with Crippen LogP contribution in [0.5, 0.6) is 17.6 Å². The van der Waals surface area contributed by atoms with E-state index in [1.54, 1.807) is 6.07 Å². The van der Waals surface area contributed by atoms with Crippen LogP contribution in [-0.4, -0.2) is 87.6 Å². The number of aryl methyl sites for hydroxylation is 1. The molecule has 2 N–H and O–H groups in total. The number of benzene rings is 2. The Morgan fingerprint density at radius 1 is 1.21 bits per heavy atom. The Labute approximate surface area is 275 Å². The fourth-order valence-electron chi connectivity index (χ4n) is 8.90. The van der Waals surface area contributed by atoms with Crippen LogP contribution in [0.3, 0.4) is 0 Å². The molecule has 7 heterocycles. The number of nitrogens with zero attached hydrogens (tertiary/aromatic N) is 5. The minimum atomic E-state index is -0.904. The maximum absolute atomic E-state index is 17.2. The second kappa shape index (κ2) is 10.6. The summed E-state index contributed by atoms with van der Waals surface area (Å²) in [7, 11) is 0. The molecule has 4 fully saturated rings. The van der Waals surface area contributed by atoms with Crippen molar-refractivity contribution in [3.63, 3.8) is 0 Å². The van der Waals surface area contributed by atoms with Crippen LogP contribution in [0.25, 0.3) is 38.0 Å². The van der Waals surface area contributed by atoms with E-state index < -0.39 is 17.5 Å². The minimum absolute atomic E-state index is 0.0162. The van der Waals surface area contributed by atoms with E-state index in [4.69, 9.17) is 31.0 Å². The largest absolute Gasteiger partial charge is 0.508 e. The standard InChI is InChI=1S/C35H35ClF2N6O3/c1-17-4-5-19-10-22(45)11-23(27(19)26(17)18(2)36)30-29(38)31-28-32(44-14-21-6-7-24(39-21)25(44)15-46-33(28)40-30)42-34(41-31)47-16-35-8-3-9-43(35)13-20(37)12-35/h4-5,10-11,20-21,24-25,39,45H,2-3,6-9,12-16H2,1H3/t20-,21-,24+,25-,35+/m1/s1. The number of phenolic OH excluding ortho intramolecular Hbond substituents is 1. The first-order valence-electron chi connectivity index (χ1n) is 16.4. The van der Waals surface area contributed by atoms with E-state index >= 15 is 4.39 Å². The van der Waals surface area contributed by atoms with Gasteiger partial charge in [-0.2, -0.15) is 9.97 Å². The number of halogens is 3. The highest BCUT2D eigenvalue weighted by atomic mass is 35.5.